The first-order chi connectivity index (χ1) is 9.08. The minimum absolute atomic E-state index is 0.259. The summed E-state index contributed by atoms with van der Waals surface area (Å²) in [5.41, 5.74) is 1.59. The Bertz CT molecular complexity index is 619. The Morgan fingerprint density at radius 2 is 2.16 bits per heavy atom. The van der Waals surface area contributed by atoms with E-state index in [0.717, 1.165) is 17.6 Å². The van der Waals surface area contributed by atoms with Crippen LogP contribution in [-0.4, -0.2) is 18.1 Å². The molecule has 19 heavy (non-hydrogen) atoms. The van der Waals surface area contributed by atoms with Crippen LogP contribution in [0.3, 0.4) is 0 Å². The lowest BCUT2D eigenvalue weighted by Gasteiger charge is -2.07. The molecular weight excluding hydrogens is 266 g/mol. The SMILES string of the molecule is CCCC(=O)Oc1c(C)[nH]c2ccc(OC)c(Cl)c12. The van der Waals surface area contributed by atoms with Gasteiger partial charge in [-0.2, -0.15) is 0 Å². The van der Waals surface area contributed by atoms with Crippen molar-refractivity contribution < 1.29 is 14.3 Å². The van der Waals surface area contributed by atoms with Crippen LogP contribution in [0.4, 0.5) is 0 Å². The maximum Gasteiger partial charge on any atom is 0.311 e. The number of rotatable bonds is 4. The molecule has 0 aliphatic rings. The van der Waals surface area contributed by atoms with Gasteiger partial charge in [-0.05, 0) is 25.5 Å². The van der Waals surface area contributed by atoms with Crippen molar-refractivity contribution in [2.45, 2.75) is 26.7 Å². The number of methoxy groups -OCH3 is 1. The number of carbonyl (C=O) groups is 1. The van der Waals surface area contributed by atoms with E-state index in [0.29, 0.717) is 28.3 Å². The zero-order valence-corrected chi connectivity index (χ0v) is 11.9. The van der Waals surface area contributed by atoms with E-state index in [-0.39, 0.29) is 5.97 Å². The first kappa shape index (κ1) is 13.7. The van der Waals surface area contributed by atoms with Crippen LogP contribution in [0.25, 0.3) is 10.9 Å². The van der Waals surface area contributed by atoms with Gasteiger partial charge < -0.3 is 14.5 Å². The predicted octanol–water partition coefficient (Wildman–Crippen LogP) is 3.84. The predicted molar refractivity (Wildman–Crippen MR) is 75.1 cm³/mol. The lowest BCUT2D eigenvalue weighted by molar-refractivity contribution is -0.134. The van der Waals surface area contributed by atoms with Crippen LogP contribution in [0.2, 0.25) is 5.02 Å². The summed E-state index contributed by atoms with van der Waals surface area (Å²) >= 11 is 6.28. The molecule has 0 aliphatic carbocycles. The number of ether oxygens (including phenoxy) is 2. The number of esters is 1. The van der Waals surface area contributed by atoms with E-state index in [4.69, 9.17) is 21.1 Å². The van der Waals surface area contributed by atoms with Crippen molar-refractivity contribution in [3.05, 3.63) is 22.8 Å². The molecule has 1 N–H and O–H groups in total. The van der Waals surface area contributed by atoms with E-state index in [1.807, 2.05) is 19.9 Å². The molecular formula is C14H16ClNO3. The second-order valence-electron chi connectivity index (χ2n) is 4.31. The average molecular weight is 282 g/mol. The number of hydrogen-bond donors (Lipinski definition) is 1. The molecule has 0 spiro atoms. The molecule has 4 nitrogen and oxygen atoms in total. The number of aromatic nitrogens is 1. The summed E-state index contributed by atoms with van der Waals surface area (Å²) in [5, 5.41) is 1.13. The van der Waals surface area contributed by atoms with Crippen LogP contribution in [0.1, 0.15) is 25.5 Å². The lowest BCUT2D eigenvalue weighted by Crippen LogP contribution is -2.07. The molecule has 1 aromatic carbocycles. The summed E-state index contributed by atoms with van der Waals surface area (Å²) in [6.45, 7) is 3.77. The molecule has 0 radical (unpaired) electrons. The zero-order valence-electron chi connectivity index (χ0n) is 11.2. The Morgan fingerprint density at radius 1 is 1.42 bits per heavy atom. The number of carbonyl (C=O) groups excluding carboxylic acids is 1. The highest BCUT2D eigenvalue weighted by Gasteiger charge is 2.18. The van der Waals surface area contributed by atoms with Gasteiger partial charge in [0, 0.05) is 6.42 Å². The summed E-state index contributed by atoms with van der Waals surface area (Å²) in [6, 6.07) is 3.63. The maximum absolute atomic E-state index is 11.7. The fourth-order valence-electron chi connectivity index (χ4n) is 1.98. The van der Waals surface area contributed by atoms with Crippen molar-refractivity contribution in [2.75, 3.05) is 7.11 Å². The van der Waals surface area contributed by atoms with Crippen LogP contribution in [0, 0.1) is 6.92 Å². The zero-order chi connectivity index (χ0) is 14.0. The van der Waals surface area contributed by atoms with Gasteiger partial charge in [-0.15, -0.1) is 0 Å². The molecule has 5 heteroatoms. The van der Waals surface area contributed by atoms with E-state index in [1.165, 1.54) is 0 Å². The molecule has 2 rings (SSSR count). The standard InChI is InChI=1S/C14H16ClNO3/c1-4-5-11(17)19-14-8(2)16-9-6-7-10(18-3)13(15)12(9)14/h6-7,16H,4-5H2,1-3H3. The van der Waals surface area contributed by atoms with Crippen molar-refractivity contribution in [3.63, 3.8) is 0 Å². The van der Waals surface area contributed by atoms with Gasteiger partial charge in [0.05, 0.1) is 28.7 Å². The first-order valence-electron chi connectivity index (χ1n) is 6.14. The Kier molecular flexibility index (Phi) is 4.00. The minimum atomic E-state index is -0.259. The van der Waals surface area contributed by atoms with Gasteiger partial charge in [-0.1, -0.05) is 18.5 Å². The van der Waals surface area contributed by atoms with Gasteiger partial charge in [0.2, 0.25) is 0 Å². The summed E-state index contributed by atoms with van der Waals surface area (Å²) in [6.07, 6.45) is 1.13. The number of hydrogen-bond acceptors (Lipinski definition) is 3. The molecule has 0 saturated heterocycles. The van der Waals surface area contributed by atoms with Gasteiger partial charge >= 0.3 is 5.97 Å². The van der Waals surface area contributed by atoms with Gasteiger partial charge in [-0.25, -0.2) is 0 Å². The second-order valence-corrected chi connectivity index (χ2v) is 4.69. The molecule has 0 fully saturated rings. The van der Waals surface area contributed by atoms with Crippen molar-refractivity contribution >= 4 is 28.5 Å². The summed E-state index contributed by atoms with van der Waals surface area (Å²) in [7, 11) is 1.55. The Morgan fingerprint density at radius 3 is 2.79 bits per heavy atom. The fourth-order valence-corrected chi connectivity index (χ4v) is 2.31. The quantitative estimate of drug-likeness (QED) is 0.866. The van der Waals surface area contributed by atoms with Crippen molar-refractivity contribution in [2.24, 2.45) is 0 Å². The van der Waals surface area contributed by atoms with E-state index in [9.17, 15) is 4.79 Å². The number of H-pyrrole nitrogens is 1. The monoisotopic (exact) mass is 281 g/mol. The molecule has 0 bridgehead atoms. The Hall–Kier alpha value is -1.68. The Labute approximate surface area is 116 Å². The third-order valence-corrected chi connectivity index (χ3v) is 3.26. The highest BCUT2D eigenvalue weighted by Crippen LogP contribution is 2.40. The smallest absolute Gasteiger partial charge is 0.311 e. The molecule has 0 amide bonds. The number of fused-ring (bicyclic) bond motifs is 1. The molecule has 0 unspecified atom stereocenters. The minimum Gasteiger partial charge on any atom is -0.495 e. The summed E-state index contributed by atoms with van der Waals surface area (Å²) in [5.74, 6) is 0.781. The van der Waals surface area contributed by atoms with E-state index < -0.39 is 0 Å². The van der Waals surface area contributed by atoms with Crippen molar-refractivity contribution in [1.82, 2.24) is 4.98 Å². The molecule has 0 aliphatic heterocycles. The second kappa shape index (κ2) is 5.53. The number of aromatic amines is 1. The van der Waals surface area contributed by atoms with Crippen LogP contribution >= 0.6 is 11.6 Å². The fraction of sp³-hybridized carbons (Fsp3) is 0.357. The van der Waals surface area contributed by atoms with Crippen LogP contribution in [0.5, 0.6) is 11.5 Å². The van der Waals surface area contributed by atoms with E-state index in [1.54, 1.807) is 13.2 Å². The van der Waals surface area contributed by atoms with Gasteiger partial charge in [-0.3, -0.25) is 4.79 Å². The van der Waals surface area contributed by atoms with E-state index in [2.05, 4.69) is 4.98 Å². The molecule has 1 heterocycles. The third kappa shape index (κ3) is 2.54. The maximum atomic E-state index is 11.7. The molecule has 0 saturated carbocycles. The first-order valence-corrected chi connectivity index (χ1v) is 6.51. The molecule has 102 valence electrons. The number of halogens is 1. The van der Waals surface area contributed by atoms with Crippen molar-refractivity contribution in [1.29, 1.82) is 0 Å². The van der Waals surface area contributed by atoms with Crippen LogP contribution in [-0.2, 0) is 4.79 Å². The highest BCUT2D eigenvalue weighted by molar-refractivity contribution is 6.37. The van der Waals surface area contributed by atoms with Crippen LogP contribution in [0.15, 0.2) is 12.1 Å². The van der Waals surface area contributed by atoms with Gasteiger partial charge in [0.15, 0.2) is 5.75 Å². The average Bonchev–Trinajstić information content (AvgIpc) is 2.67. The number of aryl methyl sites for hydroxylation is 1. The molecule has 0 atom stereocenters. The Balaban J connectivity index is 2.53. The highest BCUT2D eigenvalue weighted by atomic mass is 35.5. The lowest BCUT2D eigenvalue weighted by atomic mass is 10.2. The van der Waals surface area contributed by atoms with Gasteiger partial charge in [0.25, 0.3) is 0 Å². The molecule has 1 aromatic heterocycles. The normalized spacial score (nSPS) is 10.7. The number of nitrogens with one attached hydrogen (secondary N) is 1. The number of benzene rings is 1. The largest absolute Gasteiger partial charge is 0.495 e. The summed E-state index contributed by atoms with van der Waals surface area (Å²) < 4.78 is 10.6. The third-order valence-electron chi connectivity index (χ3n) is 2.89. The topological polar surface area (TPSA) is 51.3 Å². The van der Waals surface area contributed by atoms with Crippen molar-refractivity contribution in [3.8, 4) is 11.5 Å². The van der Waals surface area contributed by atoms with E-state index >= 15 is 0 Å². The van der Waals surface area contributed by atoms with Gasteiger partial charge in [0.1, 0.15) is 5.75 Å². The van der Waals surface area contributed by atoms with Crippen LogP contribution < -0.4 is 9.47 Å². The summed E-state index contributed by atoms with van der Waals surface area (Å²) in [4.78, 5) is 14.8. The molecule has 2 aromatic rings.